The first-order chi connectivity index (χ1) is 8.04. The van der Waals surface area contributed by atoms with Crippen molar-refractivity contribution in [1.29, 1.82) is 0 Å². The van der Waals surface area contributed by atoms with E-state index in [0.29, 0.717) is 10.8 Å². The second-order valence-corrected chi connectivity index (χ2v) is 4.46. The number of imide groups is 1. The van der Waals surface area contributed by atoms with Crippen molar-refractivity contribution >= 4 is 34.2 Å². The van der Waals surface area contributed by atoms with Crippen molar-refractivity contribution in [3.63, 3.8) is 0 Å². The molecule has 3 amide bonds. The maximum Gasteiger partial charge on any atom is 0.246 e. The Morgan fingerprint density at radius 1 is 1.47 bits per heavy atom. The first kappa shape index (κ1) is 11.5. The van der Waals surface area contributed by atoms with Crippen LogP contribution >= 0.6 is 11.3 Å². The molecule has 1 saturated heterocycles. The van der Waals surface area contributed by atoms with Crippen molar-refractivity contribution in [3.05, 3.63) is 11.1 Å². The molecule has 2 heterocycles. The monoisotopic (exact) mass is 254 g/mol. The van der Waals surface area contributed by atoms with E-state index in [1.165, 1.54) is 16.2 Å². The molecule has 0 bridgehead atoms. The van der Waals surface area contributed by atoms with E-state index in [-0.39, 0.29) is 25.4 Å². The molecule has 8 heteroatoms. The summed E-state index contributed by atoms with van der Waals surface area (Å²) in [5, 5.41) is 4.20. The van der Waals surface area contributed by atoms with Gasteiger partial charge in [-0.2, -0.15) is 0 Å². The topological polar surface area (TPSA) is 105 Å². The number of piperazine rings is 1. The van der Waals surface area contributed by atoms with Gasteiger partial charge in [0.05, 0.1) is 12.1 Å². The van der Waals surface area contributed by atoms with Gasteiger partial charge in [0.1, 0.15) is 13.1 Å². The lowest BCUT2D eigenvalue weighted by atomic mass is 10.2. The molecule has 0 unspecified atom stereocenters. The van der Waals surface area contributed by atoms with Gasteiger partial charge < -0.3 is 10.6 Å². The van der Waals surface area contributed by atoms with Crippen LogP contribution in [0.4, 0.5) is 5.13 Å². The van der Waals surface area contributed by atoms with E-state index in [9.17, 15) is 14.4 Å². The molecule has 1 fully saturated rings. The Morgan fingerprint density at radius 3 is 2.65 bits per heavy atom. The number of carbonyl (C=O) groups is 3. The summed E-state index contributed by atoms with van der Waals surface area (Å²) in [6.45, 7) is -0.186. The van der Waals surface area contributed by atoms with Gasteiger partial charge in [-0.05, 0) is 0 Å². The average molecular weight is 254 g/mol. The van der Waals surface area contributed by atoms with Gasteiger partial charge in [-0.3, -0.25) is 19.7 Å². The number of rotatable bonds is 2. The number of carbonyl (C=O) groups excluding carboxylic acids is 3. The highest BCUT2D eigenvalue weighted by molar-refractivity contribution is 7.13. The van der Waals surface area contributed by atoms with Crippen LogP contribution < -0.4 is 11.1 Å². The SMILES string of the molecule is Nc1nc(CC(=O)N2CC(=O)NC(=O)C2)cs1. The maximum atomic E-state index is 11.8. The van der Waals surface area contributed by atoms with Crippen molar-refractivity contribution in [3.8, 4) is 0 Å². The number of amides is 3. The predicted octanol–water partition coefficient (Wildman–Crippen LogP) is -1.25. The molecule has 1 aromatic heterocycles. The molecule has 0 saturated carbocycles. The Kier molecular flexibility index (Phi) is 3.05. The second-order valence-electron chi connectivity index (χ2n) is 3.58. The number of thiazole rings is 1. The van der Waals surface area contributed by atoms with E-state index in [4.69, 9.17) is 5.73 Å². The highest BCUT2D eigenvalue weighted by atomic mass is 32.1. The number of nitrogens with two attached hydrogens (primary N) is 1. The fourth-order valence-corrected chi connectivity index (χ4v) is 2.05. The molecule has 2 rings (SSSR count). The fraction of sp³-hybridized carbons (Fsp3) is 0.333. The normalized spacial score (nSPS) is 15.9. The van der Waals surface area contributed by atoms with E-state index < -0.39 is 11.8 Å². The van der Waals surface area contributed by atoms with Crippen molar-refractivity contribution < 1.29 is 14.4 Å². The summed E-state index contributed by atoms with van der Waals surface area (Å²) in [6.07, 6.45) is 0.0499. The smallest absolute Gasteiger partial charge is 0.246 e. The van der Waals surface area contributed by atoms with E-state index in [2.05, 4.69) is 10.3 Å². The lowest BCUT2D eigenvalue weighted by molar-refractivity contribution is -0.145. The van der Waals surface area contributed by atoms with E-state index in [0.717, 1.165) is 0 Å². The van der Waals surface area contributed by atoms with Crippen LogP contribution in [0.3, 0.4) is 0 Å². The van der Waals surface area contributed by atoms with E-state index >= 15 is 0 Å². The Hall–Kier alpha value is -1.96. The first-order valence-electron chi connectivity index (χ1n) is 4.85. The summed E-state index contributed by atoms with van der Waals surface area (Å²) in [5.74, 6) is -1.24. The van der Waals surface area contributed by atoms with Gasteiger partial charge in [-0.1, -0.05) is 0 Å². The zero-order valence-corrected chi connectivity index (χ0v) is 9.62. The lowest BCUT2D eigenvalue weighted by Crippen LogP contribution is -2.53. The van der Waals surface area contributed by atoms with Crippen LogP contribution in [0.25, 0.3) is 0 Å². The second kappa shape index (κ2) is 4.50. The van der Waals surface area contributed by atoms with Crippen LogP contribution in [0.5, 0.6) is 0 Å². The van der Waals surface area contributed by atoms with Crippen LogP contribution in [0.2, 0.25) is 0 Å². The van der Waals surface area contributed by atoms with Crippen LogP contribution in [0, 0.1) is 0 Å². The summed E-state index contributed by atoms with van der Waals surface area (Å²) in [5.41, 5.74) is 5.99. The number of hydrogen-bond donors (Lipinski definition) is 2. The predicted molar refractivity (Wildman–Crippen MR) is 60.0 cm³/mol. The summed E-state index contributed by atoms with van der Waals surface area (Å²) in [4.78, 5) is 39.1. The summed E-state index contributed by atoms with van der Waals surface area (Å²) in [6, 6.07) is 0. The minimum absolute atomic E-state index is 0.0499. The molecule has 1 aromatic rings. The third-order valence-electron chi connectivity index (χ3n) is 2.20. The first-order valence-corrected chi connectivity index (χ1v) is 5.73. The standard InChI is InChI=1S/C9H10N4O3S/c10-9-11-5(4-17-9)1-8(16)13-2-6(14)12-7(15)3-13/h4H,1-3H2,(H2,10,11)(H,12,14,15). The third kappa shape index (κ3) is 2.78. The fourth-order valence-electron chi connectivity index (χ4n) is 1.48. The van der Waals surface area contributed by atoms with Gasteiger partial charge in [0, 0.05) is 5.38 Å². The van der Waals surface area contributed by atoms with E-state index in [1.54, 1.807) is 5.38 Å². The molecule has 0 spiro atoms. The minimum atomic E-state index is -0.465. The van der Waals surface area contributed by atoms with Gasteiger partial charge in [0.15, 0.2) is 5.13 Å². The molecule has 0 aliphatic carbocycles. The van der Waals surface area contributed by atoms with Crippen molar-refractivity contribution in [1.82, 2.24) is 15.2 Å². The van der Waals surface area contributed by atoms with Crippen LogP contribution in [-0.4, -0.2) is 40.7 Å². The molecule has 1 aliphatic rings. The van der Waals surface area contributed by atoms with Crippen molar-refractivity contribution in [2.45, 2.75) is 6.42 Å². The Balaban J connectivity index is 2.00. The largest absolute Gasteiger partial charge is 0.375 e. The molecule has 7 nitrogen and oxygen atoms in total. The van der Waals surface area contributed by atoms with E-state index in [1.807, 2.05) is 0 Å². The zero-order valence-electron chi connectivity index (χ0n) is 8.80. The van der Waals surface area contributed by atoms with Gasteiger partial charge in [-0.25, -0.2) is 4.98 Å². The van der Waals surface area contributed by atoms with Gasteiger partial charge in [0.2, 0.25) is 17.7 Å². The average Bonchev–Trinajstić information content (AvgIpc) is 2.62. The molecule has 0 aromatic carbocycles. The minimum Gasteiger partial charge on any atom is -0.375 e. The molecule has 0 atom stereocenters. The Morgan fingerprint density at radius 2 is 2.12 bits per heavy atom. The number of hydrogen-bond acceptors (Lipinski definition) is 6. The van der Waals surface area contributed by atoms with Crippen molar-refractivity contribution in [2.24, 2.45) is 0 Å². The highest BCUT2D eigenvalue weighted by Gasteiger charge is 2.26. The third-order valence-corrected chi connectivity index (χ3v) is 2.93. The van der Waals surface area contributed by atoms with Crippen molar-refractivity contribution in [2.75, 3.05) is 18.8 Å². The number of nitrogens with zero attached hydrogens (tertiary/aromatic N) is 2. The number of anilines is 1. The molecule has 0 radical (unpaired) electrons. The maximum absolute atomic E-state index is 11.8. The van der Waals surface area contributed by atoms with Gasteiger partial charge >= 0.3 is 0 Å². The molecule has 17 heavy (non-hydrogen) atoms. The summed E-state index contributed by atoms with van der Waals surface area (Å²) >= 11 is 1.24. The Labute approximate surface area is 101 Å². The molecule has 90 valence electrons. The molecule has 3 N–H and O–H groups in total. The van der Waals surface area contributed by atoms with Gasteiger partial charge in [0.25, 0.3) is 0 Å². The van der Waals surface area contributed by atoms with Gasteiger partial charge in [-0.15, -0.1) is 11.3 Å². The van der Waals surface area contributed by atoms with Crippen LogP contribution in [0.1, 0.15) is 5.69 Å². The number of nitrogens with one attached hydrogen (secondary N) is 1. The Bertz CT molecular complexity index is 468. The summed E-state index contributed by atoms with van der Waals surface area (Å²) < 4.78 is 0. The number of aromatic nitrogens is 1. The molecular weight excluding hydrogens is 244 g/mol. The van der Waals surface area contributed by atoms with Crippen LogP contribution in [-0.2, 0) is 20.8 Å². The lowest BCUT2D eigenvalue weighted by Gasteiger charge is -2.25. The molecular formula is C9H10N4O3S. The van der Waals surface area contributed by atoms with Crippen LogP contribution in [0.15, 0.2) is 5.38 Å². The quantitative estimate of drug-likeness (QED) is 0.642. The zero-order chi connectivity index (χ0) is 12.4. The highest BCUT2D eigenvalue weighted by Crippen LogP contribution is 2.12. The molecule has 1 aliphatic heterocycles. The number of nitrogen functional groups attached to an aromatic ring is 1. The summed E-state index contributed by atoms with van der Waals surface area (Å²) in [7, 11) is 0.